The molecule has 3 aliphatic heterocycles. The molecule has 0 bridgehead atoms. The number of fused-ring (bicyclic) bond motifs is 2. The third kappa shape index (κ3) is 11.4. The summed E-state index contributed by atoms with van der Waals surface area (Å²) in [6, 6.07) is 18.6. The molecule has 0 radical (unpaired) electrons. The van der Waals surface area contributed by atoms with Crippen LogP contribution in [0.2, 0.25) is 0 Å². The van der Waals surface area contributed by atoms with Gasteiger partial charge in [0.05, 0.1) is 46.7 Å². The number of carbonyl (C=O) groups excluding carboxylic acids is 1. The van der Waals surface area contributed by atoms with Gasteiger partial charge in [-0.1, -0.05) is 38.1 Å². The first-order valence-electron chi connectivity index (χ1n) is 27.2. The molecule has 4 N–H and O–H groups in total. The van der Waals surface area contributed by atoms with Crippen LogP contribution in [0.1, 0.15) is 111 Å². The maximum absolute atomic E-state index is 14.9. The standard InChI is InChI=1S/C57H67FN10O10S/c1-35(2)41-7-5-6-8-42(41)47-34-65(33-37-23-49-51(32-59-37)77-22-21-76-49)19-20-67(47)39-27-57(28-39)15-17-66(18-16-57)38-9-10-43(48(24-38)78-50-26-44-45(58)31-62-52(44)63-55(50)75-4)54(69)64-79(73,74)40-25-46(68(71)72)53(61-30-40)60-29-36-11-13-56(3,70)14-12-36/h5-10,23-26,30-32,35-36,39,47,70H,11-22,27-29,33-34H2,1-4H3,(H,60,61)(H,62,63)(H,64,69)/t36?,47-,56?/m0/s1. The third-order valence-corrected chi connectivity index (χ3v) is 18.1. The van der Waals surface area contributed by atoms with Gasteiger partial charge in [-0.25, -0.2) is 22.5 Å². The summed E-state index contributed by atoms with van der Waals surface area (Å²) in [7, 11) is -3.38. The second-order valence-corrected chi connectivity index (χ2v) is 24.2. The van der Waals surface area contributed by atoms with Crippen molar-refractivity contribution in [1.29, 1.82) is 0 Å². The average molecular weight is 1100 g/mol. The predicted octanol–water partition coefficient (Wildman–Crippen LogP) is 8.88. The number of hydrogen-bond acceptors (Lipinski definition) is 17. The fraction of sp³-hybridized carbons (Fsp3) is 0.474. The second-order valence-electron chi connectivity index (χ2n) is 22.5. The van der Waals surface area contributed by atoms with Gasteiger partial charge in [-0.2, -0.15) is 4.98 Å². The van der Waals surface area contributed by atoms with E-state index in [-0.39, 0.29) is 57.2 Å². The molecule has 1 spiro atoms. The number of benzene rings is 2. The van der Waals surface area contributed by atoms with Gasteiger partial charge in [-0.05, 0) is 98.8 Å². The number of aliphatic hydroxyl groups is 1. The van der Waals surface area contributed by atoms with Crippen LogP contribution < -0.4 is 33.9 Å². The van der Waals surface area contributed by atoms with Crippen LogP contribution in [0.25, 0.3) is 11.0 Å². The molecule has 22 heteroatoms. The van der Waals surface area contributed by atoms with Crippen molar-refractivity contribution in [2.24, 2.45) is 11.3 Å². The molecule has 5 aliphatic rings. The predicted molar refractivity (Wildman–Crippen MR) is 293 cm³/mol. The molecular weight excluding hydrogens is 1040 g/mol. The number of aromatic amines is 1. The minimum Gasteiger partial charge on any atom is -0.486 e. The molecule has 2 saturated carbocycles. The lowest BCUT2D eigenvalue weighted by molar-refractivity contribution is -0.384. The number of piperazine rings is 1. The van der Waals surface area contributed by atoms with Crippen molar-refractivity contribution in [3.63, 3.8) is 0 Å². The quantitative estimate of drug-likeness (QED) is 0.0523. The van der Waals surface area contributed by atoms with E-state index in [1.165, 1.54) is 30.4 Å². The number of nitro groups is 1. The van der Waals surface area contributed by atoms with Crippen molar-refractivity contribution in [3.8, 4) is 28.9 Å². The van der Waals surface area contributed by atoms with Gasteiger partial charge in [0.1, 0.15) is 35.3 Å². The topological polar surface area (TPSA) is 240 Å². The zero-order chi connectivity index (χ0) is 55.2. The number of amides is 1. The number of carbonyl (C=O) groups is 1. The van der Waals surface area contributed by atoms with E-state index in [1.807, 2.05) is 6.07 Å². The van der Waals surface area contributed by atoms with Crippen molar-refractivity contribution in [1.82, 2.24) is 34.5 Å². The van der Waals surface area contributed by atoms with Gasteiger partial charge in [0.15, 0.2) is 17.2 Å². The first-order valence-corrected chi connectivity index (χ1v) is 28.7. The molecule has 7 heterocycles. The maximum atomic E-state index is 14.9. The van der Waals surface area contributed by atoms with E-state index < -0.39 is 42.9 Å². The molecule has 11 rings (SSSR count). The number of ether oxygens (including phenoxy) is 4. The van der Waals surface area contributed by atoms with Crippen LogP contribution in [-0.4, -0.2) is 125 Å². The van der Waals surface area contributed by atoms with E-state index >= 15 is 0 Å². The number of H-pyrrole nitrogens is 1. The van der Waals surface area contributed by atoms with Crippen molar-refractivity contribution >= 4 is 44.2 Å². The van der Waals surface area contributed by atoms with Gasteiger partial charge in [0.25, 0.3) is 21.8 Å². The summed E-state index contributed by atoms with van der Waals surface area (Å²) >= 11 is 0. The molecule has 1 amide bonds. The van der Waals surface area contributed by atoms with E-state index in [0.29, 0.717) is 82.8 Å². The number of nitrogens with one attached hydrogen (secondary N) is 3. The van der Waals surface area contributed by atoms with Gasteiger partial charge in [-0.15, -0.1) is 0 Å². The van der Waals surface area contributed by atoms with Crippen LogP contribution in [0.4, 0.5) is 21.6 Å². The van der Waals surface area contributed by atoms with E-state index in [9.17, 15) is 32.8 Å². The van der Waals surface area contributed by atoms with E-state index in [0.717, 1.165) is 80.9 Å². The van der Waals surface area contributed by atoms with Gasteiger partial charge in [0, 0.05) is 94.0 Å². The Balaban J connectivity index is 0.799. The summed E-state index contributed by atoms with van der Waals surface area (Å²) in [6.45, 7) is 12.5. The summed E-state index contributed by atoms with van der Waals surface area (Å²) in [4.78, 5) is 48.6. The highest BCUT2D eigenvalue weighted by Gasteiger charge is 2.50. The Bertz CT molecular complexity index is 3370. The molecule has 1 atom stereocenters. The Labute approximate surface area is 458 Å². The summed E-state index contributed by atoms with van der Waals surface area (Å²) in [6.07, 6.45) is 10.5. The smallest absolute Gasteiger partial charge is 0.312 e. The molecule has 6 aromatic rings. The van der Waals surface area contributed by atoms with Crippen LogP contribution in [0, 0.1) is 27.3 Å². The first kappa shape index (κ1) is 53.8. The summed E-state index contributed by atoms with van der Waals surface area (Å²) < 4.78 is 68.3. The number of sulfonamides is 1. The number of aromatic nitrogens is 4. The van der Waals surface area contributed by atoms with Gasteiger partial charge < -0.3 is 39.3 Å². The number of halogens is 1. The van der Waals surface area contributed by atoms with Crippen LogP contribution in [0.3, 0.4) is 0 Å². The van der Waals surface area contributed by atoms with Crippen molar-refractivity contribution in [2.75, 3.05) is 69.8 Å². The number of rotatable bonds is 16. The lowest BCUT2D eigenvalue weighted by Gasteiger charge is -2.58. The van der Waals surface area contributed by atoms with E-state index in [2.05, 4.69) is 77.8 Å². The maximum Gasteiger partial charge on any atom is 0.312 e. The third-order valence-electron chi connectivity index (χ3n) is 16.8. The van der Waals surface area contributed by atoms with Crippen LogP contribution in [-0.2, 0) is 16.6 Å². The van der Waals surface area contributed by atoms with Crippen molar-refractivity contribution < 1.29 is 46.6 Å². The van der Waals surface area contributed by atoms with Gasteiger partial charge >= 0.3 is 5.69 Å². The largest absolute Gasteiger partial charge is 0.486 e. The second kappa shape index (κ2) is 21.8. The molecule has 2 aliphatic carbocycles. The molecule has 4 aromatic heterocycles. The number of pyridine rings is 3. The highest BCUT2D eigenvalue weighted by molar-refractivity contribution is 7.90. The zero-order valence-electron chi connectivity index (χ0n) is 44.9. The minimum atomic E-state index is -4.75. The fourth-order valence-electron chi connectivity index (χ4n) is 12.3. The highest BCUT2D eigenvalue weighted by Crippen LogP contribution is 2.54. The normalized spacial score (nSPS) is 21.7. The summed E-state index contributed by atoms with van der Waals surface area (Å²) in [5, 5.41) is 25.7. The zero-order valence-corrected chi connectivity index (χ0v) is 45.7. The fourth-order valence-corrected chi connectivity index (χ4v) is 13.2. The Hall–Kier alpha value is -7.14. The molecule has 20 nitrogen and oxygen atoms in total. The number of nitrogens with zero attached hydrogens (tertiary/aromatic N) is 7. The number of piperidine rings is 1. The summed E-state index contributed by atoms with van der Waals surface area (Å²) in [5.41, 5.74) is 3.24. The van der Waals surface area contributed by atoms with Crippen molar-refractivity contribution in [3.05, 3.63) is 118 Å². The van der Waals surface area contributed by atoms with Gasteiger partial charge in [-0.3, -0.25) is 29.7 Å². The van der Waals surface area contributed by atoms with Crippen molar-refractivity contribution in [2.45, 2.75) is 107 Å². The minimum absolute atomic E-state index is 0.0194. The molecule has 2 aromatic carbocycles. The molecular formula is C57H67FN10O10S. The van der Waals surface area contributed by atoms with Crippen LogP contribution in [0.5, 0.6) is 28.9 Å². The Morgan fingerprint density at radius 1 is 0.975 bits per heavy atom. The molecule has 418 valence electrons. The Kier molecular flexibility index (Phi) is 14.9. The SMILES string of the molecule is COc1nc2[nH]cc(F)c2cc1Oc1cc(N2CCC3(CC2)CC(N2CCN(Cc4cc5c(cn4)OCCO5)C[C@H]2c2ccccc2C(C)C)C3)ccc1C(=O)NS(=O)(=O)c1cnc(NCC2CCC(C)(O)CC2)c([N+](=O)[O-])c1. The lowest BCUT2D eigenvalue weighted by atomic mass is 9.59. The average Bonchev–Trinajstić information content (AvgIpc) is 3.99. The van der Waals surface area contributed by atoms with Crippen LogP contribution in [0.15, 0.2) is 84.1 Å². The Morgan fingerprint density at radius 2 is 1.73 bits per heavy atom. The molecule has 79 heavy (non-hydrogen) atoms. The lowest BCUT2D eigenvalue weighted by Crippen LogP contribution is -2.60. The molecule has 2 saturated heterocycles. The van der Waals surface area contributed by atoms with E-state index in [4.69, 9.17) is 23.9 Å². The molecule has 4 fully saturated rings. The summed E-state index contributed by atoms with van der Waals surface area (Å²) in [5.74, 6) is 0.0159. The molecule has 0 unspecified atom stereocenters. The number of hydrogen-bond donors (Lipinski definition) is 4. The Morgan fingerprint density at radius 3 is 2.48 bits per heavy atom. The first-order chi connectivity index (χ1) is 37.9. The van der Waals surface area contributed by atoms with Crippen LogP contribution >= 0.6 is 0 Å². The number of anilines is 2. The van der Waals surface area contributed by atoms with Gasteiger partial charge in [0.2, 0.25) is 5.82 Å². The van der Waals surface area contributed by atoms with E-state index in [1.54, 1.807) is 25.3 Å². The number of methoxy groups -OCH3 is 1. The monoisotopic (exact) mass is 1100 g/mol. The highest BCUT2D eigenvalue weighted by atomic mass is 32.2.